The van der Waals surface area contributed by atoms with Crippen LogP contribution in [-0.4, -0.2) is 38.5 Å². The van der Waals surface area contributed by atoms with Gasteiger partial charge in [-0.2, -0.15) is 0 Å². The fourth-order valence-corrected chi connectivity index (χ4v) is 6.14. The highest BCUT2D eigenvalue weighted by molar-refractivity contribution is 6.73. The summed E-state index contributed by atoms with van der Waals surface area (Å²) in [6, 6.07) is 3.38. The summed E-state index contributed by atoms with van der Waals surface area (Å²) in [6.45, 7) is 17.6. The Morgan fingerprint density at radius 2 is 1.67 bits per heavy atom. The van der Waals surface area contributed by atoms with Crippen LogP contribution in [0.3, 0.4) is 0 Å². The number of fused-ring (bicyclic) bond motifs is 1. The second kappa shape index (κ2) is 7.10. The molecule has 1 aliphatic carbocycles. The van der Waals surface area contributed by atoms with Crippen molar-refractivity contribution in [2.75, 3.05) is 6.61 Å². The lowest BCUT2D eigenvalue weighted by Crippen LogP contribution is -2.38. The van der Waals surface area contributed by atoms with Crippen LogP contribution in [0.25, 0.3) is 0 Å². The molecule has 1 saturated heterocycles. The average molecular weight is 357 g/mol. The molecule has 140 valence electrons. The van der Waals surface area contributed by atoms with Gasteiger partial charge in [0, 0.05) is 5.92 Å². The second-order valence-corrected chi connectivity index (χ2v) is 13.2. The first-order chi connectivity index (χ1) is 11.0. The van der Waals surface area contributed by atoms with Gasteiger partial charge in [-0.3, -0.25) is 0 Å². The number of hydrogen-bond donors (Lipinski definition) is 0. The molecule has 0 saturated carbocycles. The molecule has 0 radical (unpaired) electrons. The van der Waals surface area contributed by atoms with Gasteiger partial charge >= 0.3 is 0 Å². The van der Waals surface area contributed by atoms with E-state index in [0.717, 1.165) is 23.9 Å². The Morgan fingerprint density at radius 3 is 2.17 bits per heavy atom. The largest absolute Gasteiger partial charge is 0.545 e. The maximum Gasteiger partial charge on any atom is 0.250 e. The first-order valence-corrected chi connectivity index (χ1v) is 12.0. The van der Waals surface area contributed by atoms with Crippen LogP contribution in [0.15, 0.2) is 11.8 Å². The molecule has 5 heteroatoms. The Labute approximate surface area is 149 Å². The Morgan fingerprint density at radius 1 is 1.08 bits per heavy atom. The second-order valence-electron chi connectivity index (χ2n) is 8.52. The third-order valence-corrected chi connectivity index (χ3v) is 9.72. The van der Waals surface area contributed by atoms with Gasteiger partial charge in [-0.15, -0.1) is 0 Å². The standard InChI is InChI=1S/C19H36O4Si/c1-9-24(10-2,11-3)23-15-12-14(13-20-18(4,5)6)16-17(15)22-19(7,8)21-16/h12,14,16-17H,9-11,13H2,1-8H3/t14-,16?,17?/m1/s1. The molecule has 24 heavy (non-hydrogen) atoms. The van der Waals surface area contributed by atoms with Gasteiger partial charge < -0.3 is 18.6 Å². The molecule has 3 atom stereocenters. The van der Waals surface area contributed by atoms with E-state index in [1.807, 2.05) is 13.8 Å². The van der Waals surface area contributed by atoms with Crippen molar-refractivity contribution in [3.8, 4) is 0 Å². The highest BCUT2D eigenvalue weighted by Gasteiger charge is 2.52. The SMILES string of the molecule is CC[Si](CC)(CC)OC1=C[C@H](COC(C)(C)C)C2OC(C)(C)OC12. The van der Waals surface area contributed by atoms with Crippen molar-refractivity contribution in [1.29, 1.82) is 0 Å². The van der Waals surface area contributed by atoms with Gasteiger partial charge in [0.25, 0.3) is 0 Å². The maximum absolute atomic E-state index is 6.66. The monoisotopic (exact) mass is 356 g/mol. The Hall–Kier alpha value is -0.363. The molecule has 2 unspecified atom stereocenters. The molecule has 0 aromatic carbocycles. The summed E-state index contributed by atoms with van der Waals surface area (Å²) < 4.78 is 25.0. The molecule has 0 aromatic rings. The number of rotatable bonds is 7. The lowest BCUT2D eigenvalue weighted by Gasteiger charge is -2.31. The van der Waals surface area contributed by atoms with Crippen LogP contribution in [0.4, 0.5) is 0 Å². The molecule has 2 aliphatic rings. The molecular formula is C19H36O4Si. The van der Waals surface area contributed by atoms with Crippen LogP contribution >= 0.6 is 0 Å². The first-order valence-electron chi connectivity index (χ1n) is 9.45. The molecule has 0 amide bonds. The van der Waals surface area contributed by atoms with Crippen molar-refractivity contribution in [1.82, 2.24) is 0 Å². The minimum Gasteiger partial charge on any atom is -0.545 e. The summed E-state index contributed by atoms with van der Waals surface area (Å²) in [7, 11) is -1.72. The van der Waals surface area contributed by atoms with Crippen molar-refractivity contribution in [2.24, 2.45) is 5.92 Å². The molecule has 1 aliphatic heterocycles. The lowest BCUT2D eigenvalue weighted by molar-refractivity contribution is -0.153. The third kappa shape index (κ3) is 4.42. The fourth-order valence-electron chi connectivity index (χ4n) is 3.52. The fraction of sp³-hybridized carbons (Fsp3) is 0.895. The van der Waals surface area contributed by atoms with Crippen molar-refractivity contribution >= 4 is 8.32 Å². The predicted octanol–water partition coefficient (Wildman–Crippen LogP) is 4.86. The van der Waals surface area contributed by atoms with Gasteiger partial charge in [0.1, 0.15) is 18.0 Å². The summed E-state index contributed by atoms with van der Waals surface area (Å²) in [6.07, 6.45) is 2.11. The van der Waals surface area contributed by atoms with E-state index in [1.165, 1.54) is 0 Å². The van der Waals surface area contributed by atoms with Gasteiger partial charge in [-0.05, 0) is 58.8 Å². The minimum atomic E-state index is -1.72. The number of hydrogen-bond acceptors (Lipinski definition) is 4. The van der Waals surface area contributed by atoms with Crippen LogP contribution in [0.2, 0.25) is 18.1 Å². The lowest BCUT2D eigenvalue weighted by atomic mass is 10.1. The third-order valence-electron chi connectivity index (χ3n) is 5.19. The maximum atomic E-state index is 6.66. The summed E-state index contributed by atoms with van der Waals surface area (Å²) in [4.78, 5) is 0. The van der Waals surface area contributed by atoms with Crippen LogP contribution in [-0.2, 0) is 18.6 Å². The Bertz CT molecular complexity index is 454. The van der Waals surface area contributed by atoms with E-state index in [0.29, 0.717) is 6.61 Å². The zero-order valence-corrected chi connectivity index (χ0v) is 17.8. The number of ether oxygens (including phenoxy) is 3. The molecule has 0 bridgehead atoms. The molecule has 4 nitrogen and oxygen atoms in total. The summed E-state index contributed by atoms with van der Waals surface area (Å²) in [5.41, 5.74) is -0.156. The Balaban J connectivity index is 2.19. The zero-order valence-electron chi connectivity index (χ0n) is 16.8. The Kier molecular flexibility index (Phi) is 5.90. The van der Waals surface area contributed by atoms with Crippen molar-refractivity contribution in [3.05, 3.63) is 11.8 Å². The van der Waals surface area contributed by atoms with Gasteiger partial charge in [0.05, 0.1) is 12.2 Å². The highest BCUT2D eigenvalue weighted by atomic mass is 28.4. The molecule has 1 fully saturated rings. The van der Waals surface area contributed by atoms with Gasteiger partial charge in [0.15, 0.2) is 5.79 Å². The molecule has 2 rings (SSSR count). The molecule has 0 spiro atoms. The minimum absolute atomic E-state index is 0.00498. The van der Waals surface area contributed by atoms with Gasteiger partial charge in [-0.25, -0.2) is 0 Å². The average Bonchev–Trinajstić information content (AvgIpc) is 2.96. The van der Waals surface area contributed by atoms with Gasteiger partial charge in [0.2, 0.25) is 8.32 Å². The van der Waals surface area contributed by atoms with Crippen LogP contribution < -0.4 is 0 Å². The molecular weight excluding hydrogens is 320 g/mol. The van der Waals surface area contributed by atoms with Crippen LogP contribution in [0.5, 0.6) is 0 Å². The van der Waals surface area contributed by atoms with E-state index in [-0.39, 0.29) is 23.7 Å². The molecule has 0 N–H and O–H groups in total. The first kappa shape index (κ1) is 20.0. The highest BCUT2D eigenvalue weighted by Crippen LogP contribution is 2.43. The van der Waals surface area contributed by atoms with Crippen molar-refractivity contribution in [3.63, 3.8) is 0 Å². The van der Waals surface area contributed by atoms with Crippen LogP contribution in [0, 0.1) is 5.92 Å². The molecule has 0 aromatic heterocycles. The van der Waals surface area contributed by atoms with E-state index >= 15 is 0 Å². The van der Waals surface area contributed by atoms with E-state index in [2.05, 4.69) is 47.6 Å². The van der Waals surface area contributed by atoms with E-state index in [9.17, 15) is 0 Å². The van der Waals surface area contributed by atoms with Gasteiger partial charge in [-0.1, -0.05) is 20.8 Å². The molecule has 1 heterocycles. The van der Waals surface area contributed by atoms with E-state index < -0.39 is 14.1 Å². The topological polar surface area (TPSA) is 36.9 Å². The summed E-state index contributed by atoms with van der Waals surface area (Å²) in [5.74, 6) is 0.612. The van der Waals surface area contributed by atoms with Crippen molar-refractivity contribution < 1.29 is 18.6 Å². The van der Waals surface area contributed by atoms with E-state index in [4.69, 9.17) is 18.6 Å². The van der Waals surface area contributed by atoms with Crippen molar-refractivity contribution in [2.45, 2.75) is 97.1 Å². The summed E-state index contributed by atoms with van der Waals surface area (Å²) >= 11 is 0. The van der Waals surface area contributed by atoms with E-state index in [1.54, 1.807) is 0 Å². The quantitative estimate of drug-likeness (QED) is 0.611. The predicted molar refractivity (Wildman–Crippen MR) is 99.4 cm³/mol. The normalized spacial score (nSPS) is 29.5. The van der Waals surface area contributed by atoms with Crippen LogP contribution in [0.1, 0.15) is 55.4 Å². The smallest absolute Gasteiger partial charge is 0.250 e. The summed E-state index contributed by atoms with van der Waals surface area (Å²) in [5, 5.41) is 0. The zero-order chi connectivity index (χ0) is 18.2.